The lowest BCUT2D eigenvalue weighted by atomic mass is 10.2. The zero-order valence-electron chi connectivity index (χ0n) is 9.43. The van der Waals surface area contributed by atoms with Crippen LogP contribution in [0.4, 0.5) is 0 Å². The fourth-order valence-corrected chi connectivity index (χ4v) is 3.25. The number of amides is 1. The Balaban J connectivity index is 1.90. The van der Waals surface area contributed by atoms with Crippen molar-refractivity contribution in [3.05, 3.63) is 35.2 Å². The molecule has 2 aromatic rings. The number of benzene rings is 1. The minimum atomic E-state index is 0.124. The van der Waals surface area contributed by atoms with E-state index in [9.17, 15) is 4.79 Å². The number of carbonyl (C=O) groups excluding carboxylic acids is 1. The molecule has 3 rings (SSSR count). The first-order chi connectivity index (χ1) is 8.24. The van der Waals surface area contributed by atoms with Crippen molar-refractivity contribution in [3.8, 4) is 0 Å². The van der Waals surface area contributed by atoms with Crippen LogP contribution in [0.5, 0.6) is 0 Å². The van der Waals surface area contributed by atoms with Crippen molar-refractivity contribution in [2.24, 2.45) is 5.73 Å². The number of fused-ring (bicyclic) bond motifs is 1. The fraction of sp³-hybridized carbons (Fsp3) is 0.308. The molecule has 0 spiro atoms. The molecule has 0 radical (unpaired) electrons. The third kappa shape index (κ3) is 1.94. The molecule has 1 fully saturated rings. The lowest BCUT2D eigenvalue weighted by molar-refractivity contribution is 0.0795. The zero-order chi connectivity index (χ0) is 11.8. The van der Waals surface area contributed by atoms with Crippen LogP contribution in [0.3, 0.4) is 0 Å². The highest BCUT2D eigenvalue weighted by Gasteiger charge is 2.25. The summed E-state index contributed by atoms with van der Waals surface area (Å²) in [7, 11) is 0. The molecule has 1 aromatic carbocycles. The van der Waals surface area contributed by atoms with Gasteiger partial charge in [0.15, 0.2) is 0 Å². The third-order valence-electron chi connectivity index (χ3n) is 3.15. The second kappa shape index (κ2) is 4.13. The number of nitrogens with zero attached hydrogens (tertiary/aromatic N) is 1. The van der Waals surface area contributed by atoms with E-state index >= 15 is 0 Å². The number of thiophene rings is 1. The van der Waals surface area contributed by atoms with Gasteiger partial charge in [-0.05, 0) is 23.9 Å². The quantitative estimate of drug-likeness (QED) is 0.837. The van der Waals surface area contributed by atoms with Crippen molar-refractivity contribution in [1.82, 2.24) is 4.90 Å². The summed E-state index contributed by atoms with van der Waals surface area (Å²) in [5.41, 5.74) is 5.83. The molecule has 2 heterocycles. The summed E-state index contributed by atoms with van der Waals surface area (Å²) in [5.74, 6) is 0.124. The minimum absolute atomic E-state index is 0.124. The average Bonchev–Trinajstić information content (AvgIpc) is 2.93. The largest absolute Gasteiger partial charge is 0.336 e. The molecule has 2 N–H and O–H groups in total. The van der Waals surface area contributed by atoms with E-state index in [1.807, 2.05) is 35.2 Å². The SMILES string of the molecule is NC1CCN(C(=O)c2cc3ccccc3s2)C1. The van der Waals surface area contributed by atoms with Crippen molar-refractivity contribution in [1.29, 1.82) is 0 Å². The Morgan fingerprint density at radius 3 is 2.94 bits per heavy atom. The van der Waals surface area contributed by atoms with E-state index in [0.717, 1.165) is 23.2 Å². The van der Waals surface area contributed by atoms with Gasteiger partial charge in [-0.25, -0.2) is 0 Å². The maximum atomic E-state index is 12.2. The molecule has 1 aliphatic heterocycles. The predicted octanol–water partition coefficient (Wildman–Crippen LogP) is 2.07. The smallest absolute Gasteiger partial charge is 0.264 e. The monoisotopic (exact) mass is 246 g/mol. The van der Waals surface area contributed by atoms with Gasteiger partial charge in [0.2, 0.25) is 0 Å². The molecule has 88 valence electrons. The van der Waals surface area contributed by atoms with E-state index in [2.05, 4.69) is 0 Å². The Morgan fingerprint density at radius 1 is 1.41 bits per heavy atom. The van der Waals surface area contributed by atoms with Crippen LogP contribution in [0.1, 0.15) is 16.1 Å². The standard InChI is InChI=1S/C13H14N2OS/c14-10-5-6-15(8-10)13(16)12-7-9-3-1-2-4-11(9)17-12/h1-4,7,10H,5-6,8,14H2. The van der Waals surface area contributed by atoms with Gasteiger partial charge in [-0.1, -0.05) is 18.2 Å². The first kappa shape index (κ1) is 10.7. The van der Waals surface area contributed by atoms with Gasteiger partial charge in [-0.3, -0.25) is 4.79 Å². The topological polar surface area (TPSA) is 46.3 Å². The van der Waals surface area contributed by atoms with Gasteiger partial charge in [0.1, 0.15) is 0 Å². The molecule has 1 aliphatic rings. The molecule has 1 amide bonds. The first-order valence-electron chi connectivity index (χ1n) is 5.77. The second-order valence-corrected chi connectivity index (χ2v) is 5.53. The van der Waals surface area contributed by atoms with E-state index in [0.29, 0.717) is 6.54 Å². The number of rotatable bonds is 1. The fourth-order valence-electron chi connectivity index (χ4n) is 2.21. The Bertz CT molecular complexity index is 530. The van der Waals surface area contributed by atoms with Gasteiger partial charge in [0, 0.05) is 23.8 Å². The van der Waals surface area contributed by atoms with Crippen LogP contribution in [-0.2, 0) is 0 Å². The molecule has 0 aliphatic carbocycles. The normalized spacial score (nSPS) is 20.1. The van der Waals surface area contributed by atoms with Crippen LogP contribution in [-0.4, -0.2) is 29.9 Å². The van der Waals surface area contributed by atoms with Crippen LogP contribution in [0.2, 0.25) is 0 Å². The van der Waals surface area contributed by atoms with Crippen molar-refractivity contribution in [3.63, 3.8) is 0 Å². The van der Waals surface area contributed by atoms with E-state index in [4.69, 9.17) is 5.73 Å². The van der Waals surface area contributed by atoms with E-state index in [1.165, 1.54) is 4.70 Å². The van der Waals surface area contributed by atoms with Crippen LogP contribution in [0, 0.1) is 0 Å². The van der Waals surface area contributed by atoms with Crippen molar-refractivity contribution < 1.29 is 4.79 Å². The molecule has 0 bridgehead atoms. The molecule has 3 nitrogen and oxygen atoms in total. The summed E-state index contributed by atoms with van der Waals surface area (Å²) in [6.45, 7) is 1.47. The molecule has 4 heteroatoms. The first-order valence-corrected chi connectivity index (χ1v) is 6.59. The highest BCUT2D eigenvalue weighted by Crippen LogP contribution is 2.27. The van der Waals surface area contributed by atoms with Crippen molar-refractivity contribution in [2.75, 3.05) is 13.1 Å². The summed E-state index contributed by atoms with van der Waals surface area (Å²) < 4.78 is 1.17. The molecular formula is C13H14N2OS. The van der Waals surface area contributed by atoms with Gasteiger partial charge in [0.05, 0.1) is 4.88 Å². The zero-order valence-corrected chi connectivity index (χ0v) is 10.2. The molecule has 1 unspecified atom stereocenters. The van der Waals surface area contributed by atoms with Gasteiger partial charge in [-0.2, -0.15) is 0 Å². The van der Waals surface area contributed by atoms with Crippen molar-refractivity contribution >= 4 is 27.3 Å². The molecule has 17 heavy (non-hydrogen) atoms. The maximum absolute atomic E-state index is 12.2. The Labute approximate surface area is 104 Å². The van der Waals surface area contributed by atoms with Gasteiger partial charge in [0.25, 0.3) is 5.91 Å². The number of carbonyl (C=O) groups is 1. The van der Waals surface area contributed by atoms with Gasteiger partial charge < -0.3 is 10.6 Å². The Hall–Kier alpha value is -1.39. The Morgan fingerprint density at radius 2 is 2.24 bits per heavy atom. The highest BCUT2D eigenvalue weighted by atomic mass is 32.1. The van der Waals surface area contributed by atoms with E-state index in [-0.39, 0.29) is 11.9 Å². The summed E-state index contributed by atoms with van der Waals surface area (Å²) in [4.78, 5) is 14.9. The number of hydrogen-bond acceptors (Lipinski definition) is 3. The predicted molar refractivity (Wildman–Crippen MR) is 70.3 cm³/mol. The maximum Gasteiger partial charge on any atom is 0.264 e. The van der Waals surface area contributed by atoms with Crippen LogP contribution < -0.4 is 5.73 Å². The molecule has 1 atom stereocenters. The third-order valence-corrected chi connectivity index (χ3v) is 4.25. The molecule has 1 saturated heterocycles. The van der Waals surface area contributed by atoms with Crippen LogP contribution >= 0.6 is 11.3 Å². The van der Waals surface area contributed by atoms with Crippen LogP contribution in [0.15, 0.2) is 30.3 Å². The van der Waals surface area contributed by atoms with E-state index in [1.54, 1.807) is 11.3 Å². The Kier molecular flexibility index (Phi) is 2.61. The van der Waals surface area contributed by atoms with Gasteiger partial charge in [-0.15, -0.1) is 11.3 Å². The minimum Gasteiger partial charge on any atom is -0.336 e. The molecule has 1 aromatic heterocycles. The highest BCUT2D eigenvalue weighted by molar-refractivity contribution is 7.20. The van der Waals surface area contributed by atoms with Crippen LogP contribution in [0.25, 0.3) is 10.1 Å². The number of nitrogens with two attached hydrogens (primary N) is 1. The number of hydrogen-bond donors (Lipinski definition) is 1. The van der Waals surface area contributed by atoms with E-state index < -0.39 is 0 Å². The lowest BCUT2D eigenvalue weighted by Crippen LogP contribution is -2.31. The number of likely N-dealkylation sites (tertiary alicyclic amines) is 1. The summed E-state index contributed by atoms with van der Waals surface area (Å²) in [6, 6.07) is 10.2. The summed E-state index contributed by atoms with van der Waals surface area (Å²) in [6.07, 6.45) is 0.913. The summed E-state index contributed by atoms with van der Waals surface area (Å²) >= 11 is 1.56. The second-order valence-electron chi connectivity index (χ2n) is 4.45. The average molecular weight is 246 g/mol. The summed E-state index contributed by atoms with van der Waals surface area (Å²) in [5, 5.41) is 1.14. The lowest BCUT2D eigenvalue weighted by Gasteiger charge is -2.13. The van der Waals surface area contributed by atoms with Crippen molar-refractivity contribution in [2.45, 2.75) is 12.5 Å². The molecular weight excluding hydrogens is 232 g/mol. The van der Waals surface area contributed by atoms with Gasteiger partial charge >= 0.3 is 0 Å². The molecule has 0 saturated carbocycles.